The third kappa shape index (κ3) is 4.82. The van der Waals surface area contributed by atoms with E-state index in [1.165, 1.54) is 6.26 Å². The molecule has 0 fully saturated rings. The molecule has 0 heterocycles. The van der Waals surface area contributed by atoms with E-state index in [0.717, 1.165) is 5.56 Å². The Labute approximate surface area is 127 Å². The molecule has 0 radical (unpaired) electrons. The summed E-state index contributed by atoms with van der Waals surface area (Å²) in [5, 5.41) is 2.15. The maximum absolute atomic E-state index is 11.6. The van der Waals surface area contributed by atoms with Crippen LogP contribution in [0, 0.1) is 0 Å². The number of benzene rings is 1. The number of carbonyl (C=O) groups excluding carboxylic acids is 1. The SMILES string of the molecule is CNC(=O)c1ccc(CN(C)[C@@H](C)[C@H](C)S(C)(=O)=O)cc1. The van der Waals surface area contributed by atoms with Crippen LogP contribution in [0.3, 0.4) is 0 Å². The van der Waals surface area contributed by atoms with Crippen LogP contribution in [0.4, 0.5) is 0 Å². The van der Waals surface area contributed by atoms with Crippen LogP contribution in [0.25, 0.3) is 0 Å². The molecule has 0 saturated heterocycles. The average molecular weight is 312 g/mol. The zero-order chi connectivity index (χ0) is 16.2. The molecule has 5 nitrogen and oxygen atoms in total. The van der Waals surface area contributed by atoms with Crippen molar-refractivity contribution in [3.63, 3.8) is 0 Å². The highest BCUT2D eigenvalue weighted by molar-refractivity contribution is 7.91. The zero-order valence-corrected chi connectivity index (χ0v) is 14.1. The second-order valence-electron chi connectivity index (χ2n) is 5.47. The van der Waals surface area contributed by atoms with Crippen LogP contribution in [0.5, 0.6) is 0 Å². The van der Waals surface area contributed by atoms with E-state index < -0.39 is 15.1 Å². The van der Waals surface area contributed by atoms with Gasteiger partial charge in [-0.05, 0) is 38.6 Å². The topological polar surface area (TPSA) is 66.5 Å². The van der Waals surface area contributed by atoms with E-state index >= 15 is 0 Å². The van der Waals surface area contributed by atoms with Crippen molar-refractivity contribution in [1.29, 1.82) is 0 Å². The van der Waals surface area contributed by atoms with Gasteiger partial charge in [0.1, 0.15) is 0 Å². The number of hydrogen-bond acceptors (Lipinski definition) is 4. The van der Waals surface area contributed by atoms with Crippen LogP contribution in [0.15, 0.2) is 24.3 Å². The highest BCUT2D eigenvalue weighted by atomic mass is 32.2. The molecule has 0 spiro atoms. The van der Waals surface area contributed by atoms with Gasteiger partial charge < -0.3 is 5.32 Å². The van der Waals surface area contributed by atoms with Gasteiger partial charge in [-0.1, -0.05) is 12.1 Å². The largest absolute Gasteiger partial charge is 0.355 e. The summed E-state index contributed by atoms with van der Waals surface area (Å²) < 4.78 is 23.2. The summed E-state index contributed by atoms with van der Waals surface area (Å²) in [6.07, 6.45) is 1.26. The minimum atomic E-state index is -3.06. The van der Waals surface area contributed by atoms with Crippen molar-refractivity contribution >= 4 is 15.7 Å². The van der Waals surface area contributed by atoms with E-state index in [-0.39, 0.29) is 11.9 Å². The molecule has 1 N–H and O–H groups in total. The van der Waals surface area contributed by atoms with Crippen molar-refractivity contribution in [3.05, 3.63) is 35.4 Å². The number of carbonyl (C=O) groups is 1. The highest BCUT2D eigenvalue weighted by Gasteiger charge is 2.25. The molecule has 0 aliphatic rings. The number of hydrogen-bond donors (Lipinski definition) is 1. The van der Waals surface area contributed by atoms with E-state index in [1.54, 1.807) is 26.1 Å². The molecule has 1 amide bonds. The Bertz CT molecular complexity index is 581. The minimum absolute atomic E-state index is 0.0846. The van der Waals surface area contributed by atoms with Crippen LogP contribution >= 0.6 is 0 Å². The first kappa shape index (κ1) is 17.7. The maximum atomic E-state index is 11.6. The Hall–Kier alpha value is -1.40. The second-order valence-corrected chi connectivity index (χ2v) is 7.87. The highest BCUT2D eigenvalue weighted by Crippen LogP contribution is 2.14. The van der Waals surface area contributed by atoms with E-state index in [0.29, 0.717) is 12.1 Å². The number of nitrogens with one attached hydrogen (secondary N) is 1. The first-order chi connectivity index (χ1) is 9.66. The Morgan fingerprint density at radius 1 is 1.24 bits per heavy atom. The second kappa shape index (κ2) is 7.04. The van der Waals surface area contributed by atoms with Gasteiger partial charge in [-0.15, -0.1) is 0 Å². The normalized spacial score (nSPS) is 14.8. The quantitative estimate of drug-likeness (QED) is 0.860. The van der Waals surface area contributed by atoms with Crippen LogP contribution in [-0.4, -0.2) is 50.9 Å². The molecule has 0 aliphatic heterocycles. The predicted molar refractivity (Wildman–Crippen MR) is 85.1 cm³/mol. The van der Waals surface area contributed by atoms with Crippen molar-refractivity contribution in [2.45, 2.75) is 31.7 Å². The lowest BCUT2D eigenvalue weighted by Gasteiger charge is -2.28. The van der Waals surface area contributed by atoms with Gasteiger partial charge in [0.15, 0.2) is 9.84 Å². The molecule has 0 saturated carbocycles. The molecular formula is C15H24N2O3S. The van der Waals surface area contributed by atoms with Crippen molar-refractivity contribution in [1.82, 2.24) is 10.2 Å². The summed E-state index contributed by atoms with van der Waals surface area (Å²) in [7, 11) is 0.442. The monoisotopic (exact) mass is 312 g/mol. The lowest BCUT2D eigenvalue weighted by atomic mass is 10.1. The summed E-state index contributed by atoms with van der Waals surface area (Å²) in [6, 6.07) is 7.23. The predicted octanol–water partition coefficient (Wildman–Crippen LogP) is 1.30. The van der Waals surface area contributed by atoms with Gasteiger partial charge in [0.25, 0.3) is 5.91 Å². The standard InChI is InChI=1S/C15H24N2O3S/c1-11(12(2)21(5,19)20)17(4)10-13-6-8-14(9-7-13)15(18)16-3/h6-9,11-12H,10H2,1-5H3,(H,16,18)/t11-,12-/m0/s1. The van der Waals surface area contributed by atoms with Gasteiger partial charge in [-0.3, -0.25) is 9.69 Å². The summed E-state index contributed by atoms with van der Waals surface area (Å²) >= 11 is 0. The Morgan fingerprint density at radius 3 is 2.19 bits per heavy atom. The smallest absolute Gasteiger partial charge is 0.251 e. The van der Waals surface area contributed by atoms with Gasteiger partial charge in [0.05, 0.1) is 5.25 Å². The van der Waals surface area contributed by atoms with Crippen molar-refractivity contribution in [3.8, 4) is 0 Å². The molecule has 2 atom stereocenters. The first-order valence-electron chi connectivity index (χ1n) is 6.87. The number of nitrogens with zero attached hydrogens (tertiary/aromatic N) is 1. The van der Waals surface area contributed by atoms with E-state index in [1.807, 2.05) is 31.0 Å². The van der Waals surface area contributed by atoms with Crippen molar-refractivity contribution in [2.24, 2.45) is 0 Å². The van der Waals surface area contributed by atoms with Crippen LogP contribution in [0.1, 0.15) is 29.8 Å². The van der Waals surface area contributed by atoms with Gasteiger partial charge in [-0.25, -0.2) is 8.42 Å². The fraction of sp³-hybridized carbons (Fsp3) is 0.533. The molecule has 0 unspecified atom stereocenters. The summed E-state index contributed by atoms with van der Waals surface area (Å²) in [5.41, 5.74) is 1.65. The molecule has 118 valence electrons. The lowest BCUT2D eigenvalue weighted by molar-refractivity contribution is 0.0963. The molecule has 1 rings (SSSR count). The Morgan fingerprint density at radius 2 is 1.76 bits per heavy atom. The number of amides is 1. The van der Waals surface area contributed by atoms with Crippen LogP contribution < -0.4 is 5.32 Å². The van der Waals surface area contributed by atoms with Gasteiger partial charge in [0, 0.05) is 31.5 Å². The van der Waals surface area contributed by atoms with E-state index in [9.17, 15) is 13.2 Å². The zero-order valence-electron chi connectivity index (χ0n) is 13.3. The lowest BCUT2D eigenvalue weighted by Crippen LogP contribution is -2.40. The molecule has 1 aromatic rings. The van der Waals surface area contributed by atoms with Crippen molar-refractivity contribution in [2.75, 3.05) is 20.4 Å². The fourth-order valence-corrected chi connectivity index (χ4v) is 2.98. The Kier molecular flexibility index (Phi) is 5.92. The third-order valence-electron chi connectivity index (χ3n) is 3.93. The minimum Gasteiger partial charge on any atom is -0.355 e. The summed E-state index contributed by atoms with van der Waals surface area (Å²) in [6.45, 7) is 4.27. The molecule has 0 bridgehead atoms. The third-order valence-corrected chi connectivity index (χ3v) is 5.67. The van der Waals surface area contributed by atoms with Gasteiger partial charge in [-0.2, -0.15) is 0 Å². The summed E-state index contributed by atoms with van der Waals surface area (Å²) in [4.78, 5) is 13.5. The van der Waals surface area contributed by atoms with E-state index in [4.69, 9.17) is 0 Å². The number of sulfone groups is 1. The van der Waals surface area contributed by atoms with Crippen LogP contribution in [0.2, 0.25) is 0 Å². The van der Waals surface area contributed by atoms with Gasteiger partial charge in [0.2, 0.25) is 0 Å². The van der Waals surface area contributed by atoms with Crippen LogP contribution in [-0.2, 0) is 16.4 Å². The maximum Gasteiger partial charge on any atom is 0.251 e. The average Bonchev–Trinajstić information content (AvgIpc) is 2.44. The van der Waals surface area contributed by atoms with Crippen molar-refractivity contribution < 1.29 is 13.2 Å². The fourth-order valence-electron chi connectivity index (χ4n) is 2.05. The first-order valence-corrected chi connectivity index (χ1v) is 8.82. The molecular weight excluding hydrogens is 288 g/mol. The molecule has 0 aliphatic carbocycles. The molecule has 0 aromatic heterocycles. The molecule has 1 aromatic carbocycles. The summed E-state index contributed by atoms with van der Waals surface area (Å²) in [5.74, 6) is -0.117. The van der Waals surface area contributed by atoms with Gasteiger partial charge >= 0.3 is 0 Å². The molecule has 6 heteroatoms. The van der Waals surface area contributed by atoms with E-state index in [2.05, 4.69) is 5.32 Å². The molecule has 21 heavy (non-hydrogen) atoms. The number of rotatable bonds is 6. The Balaban J connectivity index is 2.75.